The van der Waals surface area contributed by atoms with Gasteiger partial charge in [0.2, 0.25) is 0 Å². The summed E-state index contributed by atoms with van der Waals surface area (Å²) in [5.74, 6) is 0. The number of carbonyl (C=O) groups excluding carboxylic acids is 1. The van der Waals surface area contributed by atoms with Gasteiger partial charge in [0.15, 0.2) is 0 Å². The Morgan fingerprint density at radius 2 is 1.61 bits per heavy atom. The first kappa shape index (κ1) is 25.4. The number of thioether (sulfide) groups is 1. The third kappa shape index (κ3) is 6.73. The summed E-state index contributed by atoms with van der Waals surface area (Å²) in [6.45, 7) is 0.934. The first-order valence-corrected chi connectivity index (χ1v) is 12.6. The summed E-state index contributed by atoms with van der Waals surface area (Å²) in [6, 6.07) is 26.1. The predicted octanol–water partition coefficient (Wildman–Crippen LogP) is 7.51. The lowest BCUT2D eigenvalue weighted by atomic mass is 10.1. The molecule has 0 atom stereocenters. The van der Waals surface area contributed by atoms with Gasteiger partial charge in [0.25, 0.3) is 0 Å². The zero-order valence-electron chi connectivity index (χ0n) is 19.7. The molecule has 2 amide bonds. The molecule has 1 heterocycles. The Balaban J connectivity index is 1.54. The summed E-state index contributed by atoms with van der Waals surface area (Å²) >= 11 is 1.62. The number of hydrogen-bond acceptors (Lipinski definition) is 2. The molecule has 4 aromatic rings. The summed E-state index contributed by atoms with van der Waals surface area (Å²) in [5, 5.41) is 2.96. The van der Waals surface area contributed by atoms with Gasteiger partial charge in [0.05, 0.1) is 12.1 Å². The second-order valence-electron chi connectivity index (χ2n) is 8.33. The van der Waals surface area contributed by atoms with Crippen LogP contribution in [0.25, 0.3) is 0 Å². The van der Waals surface area contributed by atoms with Crippen LogP contribution >= 0.6 is 11.8 Å². The van der Waals surface area contributed by atoms with Crippen LogP contribution in [0, 0.1) is 0 Å². The fourth-order valence-electron chi connectivity index (χ4n) is 3.87. The largest absolute Gasteiger partial charge is 0.416 e. The van der Waals surface area contributed by atoms with Crippen LogP contribution in [-0.4, -0.2) is 21.8 Å². The molecule has 186 valence electrons. The zero-order valence-corrected chi connectivity index (χ0v) is 20.5. The lowest BCUT2D eigenvalue weighted by Gasteiger charge is -2.24. The van der Waals surface area contributed by atoms with E-state index in [0.717, 1.165) is 28.3 Å². The van der Waals surface area contributed by atoms with E-state index in [2.05, 4.69) is 5.32 Å². The summed E-state index contributed by atoms with van der Waals surface area (Å²) < 4.78 is 41.3. The number of nitrogens with one attached hydrogen (secondary N) is 1. The number of aromatic nitrogens is 1. The number of rotatable bonds is 8. The Kier molecular flexibility index (Phi) is 8.05. The SMILES string of the molecule is CSc1ccc(NC(=O)N(Cc2ccccc2)Cc2cccn2Cc2cccc(C(F)(F)F)c2)cc1. The lowest BCUT2D eigenvalue weighted by molar-refractivity contribution is -0.137. The topological polar surface area (TPSA) is 37.3 Å². The number of benzene rings is 3. The van der Waals surface area contributed by atoms with E-state index in [1.54, 1.807) is 22.7 Å². The molecule has 4 rings (SSSR count). The number of amides is 2. The monoisotopic (exact) mass is 509 g/mol. The van der Waals surface area contributed by atoms with E-state index in [1.165, 1.54) is 6.07 Å². The van der Waals surface area contributed by atoms with Crippen molar-refractivity contribution in [3.8, 4) is 0 Å². The molecule has 0 unspecified atom stereocenters. The first-order chi connectivity index (χ1) is 17.3. The third-order valence-electron chi connectivity index (χ3n) is 5.73. The molecule has 4 nitrogen and oxygen atoms in total. The molecule has 36 heavy (non-hydrogen) atoms. The van der Waals surface area contributed by atoms with Crippen LogP contribution in [0.15, 0.2) is 102 Å². The van der Waals surface area contributed by atoms with Crippen molar-refractivity contribution in [2.75, 3.05) is 11.6 Å². The normalized spacial score (nSPS) is 11.3. The number of anilines is 1. The van der Waals surface area contributed by atoms with E-state index >= 15 is 0 Å². The summed E-state index contributed by atoms with van der Waals surface area (Å²) in [6.07, 6.45) is -0.590. The molecular weight excluding hydrogens is 483 g/mol. The number of nitrogens with zero attached hydrogens (tertiary/aromatic N) is 2. The van der Waals surface area contributed by atoms with E-state index in [9.17, 15) is 18.0 Å². The van der Waals surface area contributed by atoms with Gasteiger partial charge < -0.3 is 14.8 Å². The van der Waals surface area contributed by atoms with Crippen LogP contribution in [0.5, 0.6) is 0 Å². The Hall–Kier alpha value is -3.65. The highest BCUT2D eigenvalue weighted by Gasteiger charge is 2.30. The molecule has 0 saturated heterocycles. The minimum atomic E-state index is -4.39. The van der Waals surface area contributed by atoms with Crippen LogP contribution in [0.1, 0.15) is 22.4 Å². The van der Waals surface area contributed by atoms with Gasteiger partial charge in [0.1, 0.15) is 0 Å². The highest BCUT2D eigenvalue weighted by molar-refractivity contribution is 7.98. The van der Waals surface area contributed by atoms with Gasteiger partial charge >= 0.3 is 12.2 Å². The molecule has 0 aliphatic rings. The third-order valence-corrected chi connectivity index (χ3v) is 6.47. The van der Waals surface area contributed by atoms with Crippen LogP contribution < -0.4 is 5.32 Å². The maximum Gasteiger partial charge on any atom is 0.416 e. The molecule has 0 aliphatic heterocycles. The molecule has 3 aromatic carbocycles. The highest BCUT2D eigenvalue weighted by Crippen LogP contribution is 2.30. The molecular formula is C28H26F3N3OS. The van der Waals surface area contributed by atoms with E-state index in [0.29, 0.717) is 17.8 Å². The first-order valence-electron chi connectivity index (χ1n) is 11.4. The van der Waals surface area contributed by atoms with Crippen molar-refractivity contribution >= 4 is 23.5 Å². The maximum absolute atomic E-state index is 13.3. The van der Waals surface area contributed by atoms with Crippen molar-refractivity contribution in [1.82, 2.24) is 9.47 Å². The van der Waals surface area contributed by atoms with Gasteiger partial charge in [0, 0.05) is 35.6 Å². The lowest BCUT2D eigenvalue weighted by Crippen LogP contribution is -2.34. The Morgan fingerprint density at radius 3 is 2.31 bits per heavy atom. The van der Waals surface area contributed by atoms with Gasteiger partial charge in [-0.15, -0.1) is 11.8 Å². The molecule has 0 spiro atoms. The molecule has 0 saturated carbocycles. The van der Waals surface area contributed by atoms with E-state index in [4.69, 9.17) is 0 Å². The fourth-order valence-corrected chi connectivity index (χ4v) is 4.27. The van der Waals surface area contributed by atoms with Crippen molar-refractivity contribution < 1.29 is 18.0 Å². The van der Waals surface area contributed by atoms with Crippen LogP contribution in [0.2, 0.25) is 0 Å². The summed E-state index contributed by atoms with van der Waals surface area (Å²) in [5.41, 5.74) is 2.34. The standard InChI is InChI=1S/C28H26F3N3OS/c1-36-26-14-12-24(13-15-26)32-27(35)34(18-21-7-3-2-4-8-21)20-25-11-6-16-33(25)19-22-9-5-10-23(17-22)28(29,30)31/h2-17H,18-20H2,1H3,(H,32,35). The van der Waals surface area contributed by atoms with E-state index < -0.39 is 11.7 Å². The average molecular weight is 510 g/mol. The van der Waals surface area contributed by atoms with Crippen molar-refractivity contribution in [3.63, 3.8) is 0 Å². The van der Waals surface area contributed by atoms with Gasteiger partial charge in [-0.2, -0.15) is 13.2 Å². The highest BCUT2D eigenvalue weighted by atomic mass is 32.2. The predicted molar refractivity (Wildman–Crippen MR) is 138 cm³/mol. The maximum atomic E-state index is 13.3. The molecule has 0 fully saturated rings. The van der Waals surface area contributed by atoms with Crippen molar-refractivity contribution in [2.45, 2.75) is 30.7 Å². The fraction of sp³-hybridized carbons (Fsp3) is 0.179. The Labute approximate surface area is 212 Å². The molecule has 0 radical (unpaired) electrons. The smallest absolute Gasteiger partial charge is 0.345 e. The number of urea groups is 1. The van der Waals surface area contributed by atoms with Gasteiger partial charge in [-0.1, -0.05) is 42.5 Å². The number of halogens is 3. The zero-order chi connectivity index (χ0) is 25.5. The Bertz CT molecular complexity index is 1290. The van der Waals surface area contributed by atoms with Gasteiger partial charge in [-0.25, -0.2) is 4.79 Å². The average Bonchev–Trinajstić information content (AvgIpc) is 3.30. The molecule has 0 aliphatic carbocycles. The van der Waals surface area contributed by atoms with Crippen LogP contribution in [-0.2, 0) is 25.8 Å². The number of hydrogen-bond donors (Lipinski definition) is 1. The molecule has 1 aromatic heterocycles. The van der Waals surface area contributed by atoms with E-state index in [1.807, 2.05) is 83.7 Å². The van der Waals surface area contributed by atoms with Gasteiger partial charge in [-0.3, -0.25) is 0 Å². The minimum absolute atomic E-state index is 0.262. The van der Waals surface area contributed by atoms with Crippen LogP contribution in [0.4, 0.5) is 23.7 Å². The van der Waals surface area contributed by atoms with E-state index in [-0.39, 0.29) is 19.1 Å². The molecule has 0 bridgehead atoms. The number of alkyl halides is 3. The van der Waals surface area contributed by atoms with Crippen LogP contribution in [0.3, 0.4) is 0 Å². The molecule has 8 heteroatoms. The number of carbonyl (C=O) groups is 1. The van der Waals surface area contributed by atoms with Gasteiger partial charge in [-0.05, 0) is 65.9 Å². The van der Waals surface area contributed by atoms with Crippen molar-refractivity contribution in [1.29, 1.82) is 0 Å². The molecule has 1 N–H and O–H groups in total. The second-order valence-corrected chi connectivity index (χ2v) is 9.21. The summed E-state index contributed by atoms with van der Waals surface area (Å²) in [7, 11) is 0. The Morgan fingerprint density at radius 1 is 0.889 bits per heavy atom. The summed E-state index contributed by atoms with van der Waals surface area (Å²) in [4.78, 5) is 16.1. The minimum Gasteiger partial charge on any atom is -0.345 e. The van der Waals surface area contributed by atoms with Crippen molar-refractivity contribution in [3.05, 3.63) is 120 Å². The second kappa shape index (κ2) is 11.4. The van der Waals surface area contributed by atoms with Crippen molar-refractivity contribution in [2.24, 2.45) is 0 Å². The quantitative estimate of drug-likeness (QED) is 0.250.